The molecular weight excluding hydrogens is 270 g/mol. The fourth-order valence-corrected chi connectivity index (χ4v) is 1.80. The molecule has 0 aromatic carbocycles. The number of carbonyl (C=O) groups excluding carboxylic acids is 1. The van der Waals surface area contributed by atoms with Crippen molar-refractivity contribution in [1.82, 2.24) is 5.32 Å². The molecule has 0 fully saturated rings. The van der Waals surface area contributed by atoms with E-state index in [0.717, 1.165) is 0 Å². The van der Waals surface area contributed by atoms with Gasteiger partial charge in [0.15, 0.2) is 0 Å². The van der Waals surface area contributed by atoms with Crippen molar-refractivity contribution in [3.05, 3.63) is 24.0 Å². The topological polar surface area (TPSA) is 67.8 Å². The first-order chi connectivity index (χ1) is 9.54. The number of hydrogen-bond donors (Lipinski definition) is 2. The maximum Gasteiger partial charge on any atom is 0.339 e. The van der Waals surface area contributed by atoms with Crippen LogP contribution in [-0.4, -0.2) is 35.5 Å². The van der Waals surface area contributed by atoms with E-state index in [-0.39, 0.29) is 18.1 Å². The minimum absolute atomic E-state index is 0.108. The summed E-state index contributed by atoms with van der Waals surface area (Å²) < 4.78 is 11.3. The van der Waals surface area contributed by atoms with E-state index < -0.39 is 17.7 Å². The Morgan fingerprint density at radius 1 is 1.33 bits per heavy atom. The number of ether oxygens (including phenoxy) is 2. The fraction of sp³-hybridized carbons (Fsp3) is 0.688. The van der Waals surface area contributed by atoms with Crippen molar-refractivity contribution in [1.29, 1.82) is 0 Å². The highest BCUT2D eigenvalue weighted by atomic mass is 16.6. The van der Waals surface area contributed by atoms with Crippen molar-refractivity contribution in [2.24, 2.45) is 5.41 Å². The molecule has 0 aromatic rings. The summed E-state index contributed by atoms with van der Waals surface area (Å²) in [7, 11) is 0. The van der Waals surface area contributed by atoms with Gasteiger partial charge in [-0.25, -0.2) is 4.79 Å². The minimum Gasteiger partial charge on any atom is -0.456 e. The molecule has 21 heavy (non-hydrogen) atoms. The van der Waals surface area contributed by atoms with Crippen LogP contribution in [0.5, 0.6) is 0 Å². The molecule has 0 aliphatic carbocycles. The number of rotatable bonds is 4. The van der Waals surface area contributed by atoms with Crippen LogP contribution in [0.1, 0.15) is 41.5 Å². The van der Waals surface area contributed by atoms with E-state index >= 15 is 0 Å². The first kappa shape index (κ1) is 17.7. The van der Waals surface area contributed by atoms with Crippen LogP contribution in [0, 0.1) is 5.41 Å². The quantitative estimate of drug-likeness (QED) is 0.778. The van der Waals surface area contributed by atoms with Gasteiger partial charge in [-0.2, -0.15) is 0 Å². The molecule has 0 spiro atoms. The normalized spacial score (nSPS) is 20.5. The Labute approximate surface area is 127 Å². The first-order valence-electron chi connectivity index (χ1n) is 7.17. The molecule has 2 atom stereocenters. The maximum atomic E-state index is 12.2. The largest absolute Gasteiger partial charge is 0.456 e. The third-order valence-electron chi connectivity index (χ3n) is 2.99. The van der Waals surface area contributed by atoms with E-state index in [0.29, 0.717) is 5.57 Å². The van der Waals surface area contributed by atoms with Crippen molar-refractivity contribution in [2.45, 2.75) is 59.4 Å². The summed E-state index contributed by atoms with van der Waals surface area (Å²) in [4.78, 5) is 12.2. The van der Waals surface area contributed by atoms with Crippen LogP contribution in [0.15, 0.2) is 24.0 Å². The van der Waals surface area contributed by atoms with Gasteiger partial charge in [0.1, 0.15) is 11.7 Å². The number of aliphatic hydroxyl groups excluding tert-OH is 1. The molecule has 0 radical (unpaired) electrons. The van der Waals surface area contributed by atoms with Crippen LogP contribution in [0.3, 0.4) is 0 Å². The summed E-state index contributed by atoms with van der Waals surface area (Å²) >= 11 is 0. The zero-order valence-corrected chi connectivity index (χ0v) is 13.8. The average molecular weight is 297 g/mol. The zero-order valence-electron chi connectivity index (χ0n) is 13.8. The number of aliphatic hydroxyl groups is 1. The predicted molar refractivity (Wildman–Crippen MR) is 81.4 cm³/mol. The van der Waals surface area contributed by atoms with E-state index in [1.165, 1.54) is 0 Å². The van der Waals surface area contributed by atoms with Gasteiger partial charge in [0.25, 0.3) is 0 Å². The Bertz CT molecular complexity index is 427. The molecule has 5 nitrogen and oxygen atoms in total. The van der Waals surface area contributed by atoms with Gasteiger partial charge in [-0.3, -0.25) is 0 Å². The smallest absolute Gasteiger partial charge is 0.339 e. The second-order valence-electron chi connectivity index (χ2n) is 7.22. The second-order valence-corrected chi connectivity index (χ2v) is 7.22. The van der Waals surface area contributed by atoms with Crippen molar-refractivity contribution in [3.63, 3.8) is 0 Å². The maximum absolute atomic E-state index is 12.2. The summed E-state index contributed by atoms with van der Waals surface area (Å²) in [6, 6.07) is 0. The third-order valence-corrected chi connectivity index (χ3v) is 2.99. The summed E-state index contributed by atoms with van der Waals surface area (Å²) in [5.74, 6) is -0.421. The van der Waals surface area contributed by atoms with Gasteiger partial charge in [-0.15, -0.1) is 0 Å². The first-order valence-corrected chi connectivity index (χ1v) is 7.17. The summed E-state index contributed by atoms with van der Waals surface area (Å²) in [5, 5.41) is 12.4. The SMILES string of the molecule is CC(C)(C)OC(=O)C1=CNC=CC1O[C@@H](CO)C(C)(C)C. The molecule has 1 aliphatic heterocycles. The summed E-state index contributed by atoms with van der Waals surface area (Å²) in [6.45, 7) is 11.3. The predicted octanol–water partition coefficient (Wildman–Crippen LogP) is 2.12. The van der Waals surface area contributed by atoms with Crippen molar-refractivity contribution < 1.29 is 19.4 Å². The van der Waals surface area contributed by atoms with Crippen molar-refractivity contribution in [3.8, 4) is 0 Å². The Morgan fingerprint density at radius 2 is 1.95 bits per heavy atom. The fourth-order valence-electron chi connectivity index (χ4n) is 1.80. The molecule has 0 bridgehead atoms. The molecule has 0 aromatic heterocycles. The van der Waals surface area contributed by atoms with Crippen LogP contribution in [0.25, 0.3) is 0 Å². The van der Waals surface area contributed by atoms with E-state index in [4.69, 9.17) is 9.47 Å². The molecule has 120 valence electrons. The van der Waals surface area contributed by atoms with Gasteiger partial charge in [-0.1, -0.05) is 20.8 Å². The lowest BCUT2D eigenvalue weighted by molar-refractivity contribution is -0.152. The van der Waals surface area contributed by atoms with Gasteiger partial charge in [0.05, 0.1) is 18.3 Å². The lowest BCUT2D eigenvalue weighted by atomic mass is 9.89. The lowest BCUT2D eigenvalue weighted by Crippen LogP contribution is -2.39. The Kier molecular flexibility index (Phi) is 5.59. The van der Waals surface area contributed by atoms with E-state index in [9.17, 15) is 9.90 Å². The number of hydrogen-bond acceptors (Lipinski definition) is 5. The second kappa shape index (κ2) is 6.62. The molecule has 1 unspecified atom stereocenters. The third kappa shape index (κ3) is 5.52. The number of esters is 1. The van der Waals surface area contributed by atoms with Crippen LogP contribution in [0.2, 0.25) is 0 Å². The van der Waals surface area contributed by atoms with E-state index in [2.05, 4.69) is 5.32 Å². The Morgan fingerprint density at radius 3 is 2.43 bits per heavy atom. The Balaban J connectivity index is 2.84. The van der Waals surface area contributed by atoms with Crippen LogP contribution in [-0.2, 0) is 14.3 Å². The highest BCUT2D eigenvalue weighted by molar-refractivity contribution is 5.90. The number of carbonyl (C=O) groups is 1. The molecule has 5 heteroatoms. The summed E-state index contributed by atoms with van der Waals surface area (Å²) in [6.07, 6.45) is 4.12. The molecule has 0 amide bonds. The molecule has 2 N–H and O–H groups in total. The lowest BCUT2D eigenvalue weighted by Gasteiger charge is -2.33. The van der Waals surface area contributed by atoms with Crippen LogP contribution < -0.4 is 5.32 Å². The summed E-state index contributed by atoms with van der Waals surface area (Å²) in [5.41, 5.74) is -0.397. The molecule has 1 rings (SSSR count). The highest BCUT2D eigenvalue weighted by Gasteiger charge is 2.32. The standard InChI is InChI=1S/C16H27NO4/c1-15(2,3)13(10-18)20-12-7-8-17-9-11(12)14(19)21-16(4,5)6/h7-9,12-13,17-18H,10H2,1-6H3/t12?,13-/m0/s1. The Hall–Kier alpha value is -1.33. The zero-order chi connectivity index (χ0) is 16.3. The van der Waals surface area contributed by atoms with Crippen molar-refractivity contribution in [2.75, 3.05) is 6.61 Å². The highest BCUT2D eigenvalue weighted by Crippen LogP contribution is 2.26. The monoisotopic (exact) mass is 297 g/mol. The average Bonchev–Trinajstić information content (AvgIpc) is 2.32. The molecule has 1 aliphatic rings. The van der Waals surface area contributed by atoms with E-state index in [1.54, 1.807) is 18.5 Å². The van der Waals surface area contributed by atoms with Crippen molar-refractivity contribution >= 4 is 5.97 Å². The van der Waals surface area contributed by atoms with E-state index in [1.807, 2.05) is 41.5 Å². The van der Waals surface area contributed by atoms with Gasteiger partial charge >= 0.3 is 5.97 Å². The molecule has 0 saturated heterocycles. The molecular formula is C16H27NO4. The van der Waals surface area contributed by atoms with Gasteiger partial charge < -0.3 is 19.9 Å². The number of nitrogens with one attached hydrogen (secondary N) is 1. The molecule has 1 heterocycles. The molecule has 0 saturated carbocycles. The van der Waals surface area contributed by atoms with Crippen LogP contribution in [0.4, 0.5) is 0 Å². The van der Waals surface area contributed by atoms with Gasteiger partial charge in [-0.05, 0) is 38.5 Å². The van der Waals surface area contributed by atoms with Gasteiger partial charge in [0, 0.05) is 6.20 Å². The van der Waals surface area contributed by atoms with Gasteiger partial charge in [0.2, 0.25) is 0 Å². The number of dihydropyridines is 1. The van der Waals surface area contributed by atoms with Crippen LogP contribution >= 0.6 is 0 Å². The minimum atomic E-state index is -0.565.